The Kier molecular flexibility index (Phi) is 6.38. The minimum Gasteiger partial charge on any atom is -0.335 e. The highest BCUT2D eigenvalue weighted by Crippen LogP contribution is 2.30. The summed E-state index contributed by atoms with van der Waals surface area (Å²) in [5, 5.41) is 21.1. The van der Waals surface area contributed by atoms with Gasteiger partial charge in [-0.2, -0.15) is 5.26 Å². The molecule has 1 amide bonds. The topological polar surface area (TPSA) is 115 Å². The maximum absolute atomic E-state index is 13.4. The number of rotatable bonds is 6. The molecule has 0 bridgehead atoms. The molecule has 10 heteroatoms. The SMILES string of the molecule is Cc1ccc(-c2nnc(SCC(=O)Nc3c(C#N)c(C)c(C)n3-c3ccc(F)cc3)n2N)cc1. The molecule has 0 aliphatic heterocycles. The van der Waals surface area contributed by atoms with E-state index in [1.807, 2.05) is 45.0 Å². The second kappa shape index (κ2) is 9.41. The van der Waals surface area contributed by atoms with Crippen LogP contribution in [0.3, 0.4) is 0 Å². The van der Waals surface area contributed by atoms with E-state index in [0.29, 0.717) is 28.0 Å². The van der Waals surface area contributed by atoms with Crippen LogP contribution in [0, 0.1) is 37.9 Å². The number of nitrogens with zero attached hydrogens (tertiary/aromatic N) is 5. The molecule has 0 spiro atoms. The lowest BCUT2D eigenvalue weighted by atomic mass is 10.1. The molecule has 0 atom stereocenters. The molecule has 0 radical (unpaired) electrons. The van der Waals surface area contributed by atoms with E-state index in [1.54, 1.807) is 16.7 Å². The Morgan fingerprint density at radius 1 is 1.12 bits per heavy atom. The van der Waals surface area contributed by atoms with Gasteiger partial charge in [-0.25, -0.2) is 9.07 Å². The van der Waals surface area contributed by atoms with E-state index in [1.165, 1.54) is 16.8 Å². The van der Waals surface area contributed by atoms with Gasteiger partial charge >= 0.3 is 0 Å². The number of thioether (sulfide) groups is 1. The van der Waals surface area contributed by atoms with Crippen molar-refractivity contribution in [1.82, 2.24) is 19.4 Å². The number of hydrogen-bond acceptors (Lipinski definition) is 6. The number of nitrogen functional groups attached to an aromatic ring is 1. The van der Waals surface area contributed by atoms with Gasteiger partial charge in [-0.05, 0) is 50.6 Å². The molecule has 2 heterocycles. The van der Waals surface area contributed by atoms with Crippen molar-refractivity contribution in [3.63, 3.8) is 0 Å². The van der Waals surface area contributed by atoms with Crippen LogP contribution in [0.4, 0.5) is 10.2 Å². The maximum Gasteiger partial charge on any atom is 0.236 e. The lowest BCUT2D eigenvalue weighted by Gasteiger charge is -2.13. The summed E-state index contributed by atoms with van der Waals surface area (Å²) in [6.07, 6.45) is 0. The third-order valence-electron chi connectivity index (χ3n) is 5.47. The molecule has 0 aliphatic rings. The molecule has 0 saturated carbocycles. The first-order valence-electron chi connectivity index (χ1n) is 10.4. The fraction of sp³-hybridized carbons (Fsp3) is 0.167. The third-order valence-corrected chi connectivity index (χ3v) is 6.42. The van der Waals surface area contributed by atoms with Gasteiger partial charge < -0.3 is 11.2 Å². The van der Waals surface area contributed by atoms with Crippen LogP contribution in [-0.2, 0) is 4.79 Å². The number of benzene rings is 2. The molecular formula is C24H22FN7OS. The number of carbonyl (C=O) groups is 1. The zero-order valence-corrected chi connectivity index (χ0v) is 19.7. The highest BCUT2D eigenvalue weighted by molar-refractivity contribution is 7.99. The van der Waals surface area contributed by atoms with Gasteiger partial charge in [0.15, 0.2) is 5.82 Å². The van der Waals surface area contributed by atoms with Crippen LogP contribution in [0.1, 0.15) is 22.4 Å². The first-order valence-corrected chi connectivity index (χ1v) is 11.4. The molecule has 0 fully saturated rings. The molecule has 8 nitrogen and oxygen atoms in total. The smallest absolute Gasteiger partial charge is 0.236 e. The Labute approximate surface area is 200 Å². The predicted octanol–water partition coefficient (Wildman–Crippen LogP) is 4.12. The molecule has 3 N–H and O–H groups in total. The lowest BCUT2D eigenvalue weighted by molar-refractivity contribution is -0.113. The Bertz CT molecular complexity index is 1400. The Morgan fingerprint density at radius 3 is 2.44 bits per heavy atom. The number of amides is 1. The lowest BCUT2D eigenvalue weighted by Crippen LogP contribution is -2.19. The molecule has 2 aromatic heterocycles. The van der Waals surface area contributed by atoms with Crippen molar-refractivity contribution in [2.45, 2.75) is 25.9 Å². The van der Waals surface area contributed by atoms with E-state index in [4.69, 9.17) is 5.84 Å². The van der Waals surface area contributed by atoms with Crippen molar-refractivity contribution in [3.8, 4) is 23.1 Å². The van der Waals surface area contributed by atoms with Crippen LogP contribution in [0.25, 0.3) is 17.1 Å². The molecular weight excluding hydrogens is 453 g/mol. The van der Waals surface area contributed by atoms with Crippen molar-refractivity contribution < 1.29 is 9.18 Å². The summed E-state index contributed by atoms with van der Waals surface area (Å²) in [5.41, 5.74) is 4.43. The maximum atomic E-state index is 13.4. The van der Waals surface area contributed by atoms with Crippen molar-refractivity contribution in [2.24, 2.45) is 0 Å². The molecule has 2 aromatic carbocycles. The summed E-state index contributed by atoms with van der Waals surface area (Å²) in [7, 11) is 0. The molecule has 172 valence electrons. The summed E-state index contributed by atoms with van der Waals surface area (Å²) in [6.45, 7) is 5.64. The fourth-order valence-electron chi connectivity index (χ4n) is 3.55. The zero-order chi connectivity index (χ0) is 24.4. The third kappa shape index (κ3) is 4.38. The van der Waals surface area contributed by atoms with Crippen molar-refractivity contribution >= 4 is 23.5 Å². The van der Waals surface area contributed by atoms with E-state index in [-0.39, 0.29) is 17.5 Å². The van der Waals surface area contributed by atoms with E-state index >= 15 is 0 Å². The summed E-state index contributed by atoms with van der Waals surface area (Å²) in [6, 6.07) is 15.7. The molecule has 4 rings (SSSR count). The van der Waals surface area contributed by atoms with Crippen molar-refractivity contribution in [1.29, 1.82) is 5.26 Å². The predicted molar refractivity (Wildman–Crippen MR) is 130 cm³/mol. The minimum atomic E-state index is -0.372. The molecule has 4 aromatic rings. The highest BCUT2D eigenvalue weighted by atomic mass is 32.2. The highest BCUT2D eigenvalue weighted by Gasteiger charge is 2.21. The number of halogens is 1. The van der Waals surface area contributed by atoms with Crippen molar-refractivity contribution in [3.05, 3.63) is 76.7 Å². The summed E-state index contributed by atoms with van der Waals surface area (Å²) < 4.78 is 16.5. The Morgan fingerprint density at radius 2 is 1.79 bits per heavy atom. The first-order chi connectivity index (χ1) is 16.3. The van der Waals surface area contributed by atoms with Gasteiger partial charge in [0, 0.05) is 16.9 Å². The fourth-order valence-corrected chi connectivity index (χ4v) is 4.20. The Balaban J connectivity index is 1.54. The average molecular weight is 476 g/mol. The number of carbonyl (C=O) groups excluding carboxylic acids is 1. The van der Waals surface area contributed by atoms with Gasteiger partial charge in [-0.3, -0.25) is 9.36 Å². The van der Waals surface area contributed by atoms with Gasteiger partial charge in [-0.15, -0.1) is 10.2 Å². The summed E-state index contributed by atoms with van der Waals surface area (Å²) >= 11 is 1.13. The van der Waals surface area contributed by atoms with E-state index in [9.17, 15) is 14.4 Å². The summed E-state index contributed by atoms with van der Waals surface area (Å²) in [5.74, 6) is 6.27. The van der Waals surface area contributed by atoms with Crippen LogP contribution in [0.15, 0.2) is 53.7 Å². The number of anilines is 1. The molecule has 0 saturated heterocycles. The van der Waals surface area contributed by atoms with Crippen LogP contribution in [0.2, 0.25) is 0 Å². The van der Waals surface area contributed by atoms with E-state index < -0.39 is 0 Å². The standard InChI is InChI=1S/C24H22FN7OS/c1-14-4-6-17(7-5-14)22-29-30-24(32(22)27)34-13-21(33)28-23-20(12-26)15(2)16(3)31(23)19-10-8-18(25)9-11-19/h4-11H,13,27H2,1-3H3,(H,28,33). The first kappa shape index (κ1) is 23.1. The van der Waals surface area contributed by atoms with Gasteiger partial charge in [0.1, 0.15) is 17.7 Å². The van der Waals surface area contributed by atoms with Crippen LogP contribution in [-0.4, -0.2) is 31.1 Å². The quantitative estimate of drug-likeness (QED) is 0.320. The number of nitriles is 1. The monoisotopic (exact) mass is 475 g/mol. The van der Waals surface area contributed by atoms with Crippen LogP contribution in [0.5, 0.6) is 0 Å². The van der Waals surface area contributed by atoms with Crippen LogP contribution >= 0.6 is 11.8 Å². The number of aryl methyl sites for hydroxylation is 1. The van der Waals surface area contributed by atoms with Crippen molar-refractivity contribution in [2.75, 3.05) is 16.9 Å². The normalized spacial score (nSPS) is 10.8. The van der Waals surface area contributed by atoms with Gasteiger partial charge in [-0.1, -0.05) is 41.6 Å². The van der Waals surface area contributed by atoms with Gasteiger partial charge in [0.2, 0.25) is 11.1 Å². The van der Waals surface area contributed by atoms with E-state index in [2.05, 4.69) is 21.6 Å². The van der Waals surface area contributed by atoms with Gasteiger partial charge in [0.25, 0.3) is 0 Å². The second-order valence-electron chi connectivity index (χ2n) is 7.74. The number of nitrogens with two attached hydrogens (primary N) is 1. The zero-order valence-electron chi connectivity index (χ0n) is 18.8. The van der Waals surface area contributed by atoms with E-state index in [0.717, 1.165) is 34.1 Å². The molecule has 0 aliphatic carbocycles. The average Bonchev–Trinajstić information content (AvgIpc) is 3.30. The number of aromatic nitrogens is 4. The number of nitrogens with one attached hydrogen (secondary N) is 1. The van der Waals surface area contributed by atoms with Crippen LogP contribution < -0.4 is 11.2 Å². The number of hydrogen-bond donors (Lipinski definition) is 2. The van der Waals surface area contributed by atoms with Gasteiger partial charge in [0.05, 0.1) is 11.3 Å². The largest absolute Gasteiger partial charge is 0.335 e. The Hall–Kier alpha value is -4.10. The second-order valence-corrected chi connectivity index (χ2v) is 8.68. The minimum absolute atomic E-state index is 0.000787. The molecule has 0 unspecified atom stereocenters. The summed E-state index contributed by atoms with van der Waals surface area (Å²) in [4.78, 5) is 12.8. The molecule has 34 heavy (non-hydrogen) atoms.